The van der Waals surface area contributed by atoms with Gasteiger partial charge in [-0.1, -0.05) is 48.0 Å². The van der Waals surface area contributed by atoms with Gasteiger partial charge in [0.2, 0.25) is 5.91 Å². The highest BCUT2D eigenvalue weighted by molar-refractivity contribution is 5.81. The van der Waals surface area contributed by atoms with Crippen molar-refractivity contribution in [1.82, 2.24) is 10.3 Å². The Labute approximate surface area is 160 Å². The Morgan fingerprint density at radius 3 is 2.56 bits per heavy atom. The van der Waals surface area contributed by atoms with E-state index in [9.17, 15) is 4.79 Å². The quantitative estimate of drug-likeness (QED) is 0.763. The number of hydrogen-bond donors (Lipinski definition) is 1. The third-order valence-electron chi connectivity index (χ3n) is 5.36. The molecule has 0 radical (unpaired) electrons. The molecule has 4 heteroatoms. The summed E-state index contributed by atoms with van der Waals surface area (Å²) in [5.41, 5.74) is 3.40. The molecule has 0 aliphatic carbocycles. The number of hydrogen-bond acceptors (Lipinski definition) is 3. The van der Waals surface area contributed by atoms with Gasteiger partial charge in [-0.05, 0) is 43.5 Å². The number of carbonyl (C=O) groups excluding carboxylic acids is 1. The number of aryl methyl sites for hydroxylation is 1. The molecule has 0 saturated carbocycles. The highest BCUT2D eigenvalue weighted by atomic mass is 16.1. The highest BCUT2D eigenvalue weighted by Gasteiger charge is 2.25. The van der Waals surface area contributed by atoms with Crippen LogP contribution in [-0.4, -0.2) is 24.0 Å². The van der Waals surface area contributed by atoms with Crippen LogP contribution in [0.25, 0.3) is 10.9 Å². The number of aromatic nitrogens is 1. The van der Waals surface area contributed by atoms with Crippen molar-refractivity contribution < 1.29 is 4.79 Å². The van der Waals surface area contributed by atoms with Crippen LogP contribution in [-0.2, 0) is 11.3 Å². The zero-order valence-corrected chi connectivity index (χ0v) is 15.7. The maximum atomic E-state index is 12.5. The fourth-order valence-corrected chi connectivity index (χ4v) is 3.64. The van der Waals surface area contributed by atoms with E-state index in [0.29, 0.717) is 6.54 Å². The summed E-state index contributed by atoms with van der Waals surface area (Å²) in [7, 11) is 0. The Kier molecular flexibility index (Phi) is 5.05. The molecule has 27 heavy (non-hydrogen) atoms. The van der Waals surface area contributed by atoms with Crippen LogP contribution in [0.5, 0.6) is 0 Å². The highest BCUT2D eigenvalue weighted by Crippen LogP contribution is 2.24. The van der Waals surface area contributed by atoms with Gasteiger partial charge in [0.05, 0.1) is 5.52 Å². The van der Waals surface area contributed by atoms with Gasteiger partial charge in [0.1, 0.15) is 5.82 Å². The molecule has 1 aliphatic rings. The molecule has 0 spiro atoms. The van der Waals surface area contributed by atoms with Crippen LogP contribution < -0.4 is 10.2 Å². The summed E-state index contributed by atoms with van der Waals surface area (Å²) < 4.78 is 0. The molecule has 2 heterocycles. The Hall–Kier alpha value is -2.88. The van der Waals surface area contributed by atoms with Gasteiger partial charge in [0.25, 0.3) is 0 Å². The summed E-state index contributed by atoms with van der Waals surface area (Å²) in [5, 5.41) is 4.25. The first-order chi connectivity index (χ1) is 13.2. The summed E-state index contributed by atoms with van der Waals surface area (Å²) in [6.07, 6.45) is 1.74. The van der Waals surface area contributed by atoms with Crippen molar-refractivity contribution in [2.45, 2.75) is 26.3 Å². The molecule has 1 aliphatic heterocycles. The first-order valence-corrected chi connectivity index (χ1v) is 9.63. The molecule has 0 unspecified atom stereocenters. The summed E-state index contributed by atoms with van der Waals surface area (Å²) in [5.74, 6) is 1.26. The fraction of sp³-hybridized carbons (Fsp3) is 0.304. The van der Waals surface area contributed by atoms with Crippen molar-refractivity contribution in [1.29, 1.82) is 0 Å². The second kappa shape index (κ2) is 7.78. The van der Waals surface area contributed by atoms with E-state index in [0.717, 1.165) is 48.2 Å². The predicted octanol–water partition coefficient (Wildman–Crippen LogP) is 4.08. The molecule has 2 aromatic carbocycles. The van der Waals surface area contributed by atoms with Crippen LogP contribution in [0.4, 0.5) is 5.82 Å². The zero-order valence-electron chi connectivity index (χ0n) is 15.7. The van der Waals surface area contributed by atoms with Crippen LogP contribution in [0, 0.1) is 12.8 Å². The smallest absolute Gasteiger partial charge is 0.223 e. The lowest BCUT2D eigenvalue weighted by Gasteiger charge is -2.32. The molecule has 1 saturated heterocycles. The van der Waals surface area contributed by atoms with Gasteiger partial charge in [-0.15, -0.1) is 0 Å². The maximum absolute atomic E-state index is 12.5. The van der Waals surface area contributed by atoms with Crippen LogP contribution >= 0.6 is 0 Å². The lowest BCUT2D eigenvalue weighted by Crippen LogP contribution is -2.40. The molecular weight excluding hydrogens is 334 g/mol. The normalized spacial score (nSPS) is 15.1. The van der Waals surface area contributed by atoms with E-state index < -0.39 is 0 Å². The Morgan fingerprint density at radius 1 is 1.04 bits per heavy atom. The van der Waals surface area contributed by atoms with Gasteiger partial charge >= 0.3 is 0 Å². The number of nitrogens with one attached hydrogen (secondary N) is 1. The minimum Gasteiger partial charge on any atom is -0.357 e. The van der Waals surface area contributed by atoms with Gasteiger partial charge in [0.15, 0.2) is 0 Å². The summed E-state index contributed by atoms with van der Waals surface area (Å²) >= 11 is 0. The topological polar surface area (TPSA) is 45.2 Å². The molecule has 0 bridgehead atoms. The Bertz CT molecular complexity index is 928. The third kappa shape index (κ3) is 4.11. The number of anilines is 1. The van der Waals surface area contributed by atoms with Crippen molar-refractivity contribution in [2.24, 2.45) is 5.92 Å². The van der Waals surface area contributed by atoms with Crippen LogP contribution in [0.2, 0.25) is 0 Å². The van der Waals surface area contributed by atoms with Crippen molar-refractivity contribution in [2.75, 3.05) is 18.0 Å². The Balaban J connectivity index is 1.32. The molecule has 0 atom stereocenters. The fourth-order valence-electron chi connectivity index (χ4n) is 3.64. The van der Waals surface area contributed by atoms with Crippen LogP contribution in [0.15, 0.2) is 60.7 Å². The van der Waals surface area contributed by atoms with Crippen molar-refractivity contribution >= 4 is 22.6 Å². The largest absolute Gasteiger partial charge is 0.357 e. The van der Waals surface area contributed by atoms with Crippen molar-refractivity contribution in [3.63, 3.8) is 0 Å². The number of pyridine rings is 1. The average molecular weight is 359 g/mol. The number of fused-ring (bicyclic) bond motifs is 1. The van der Waals surface area contributed by atoms with Gasteiger partial charge in [0, 0.05) is 30.9 Å². The lowest BCUT2D eigenvalue weighted by atomic mass is 9.95. The summed E-state index contributed by atoms with van der Waals surface area (Å²) in [6.45, 7) is 4.41. The molecule has 1 aromatic heterocycles. The number of amides is 1. The SMILES string of the molecule is Cc1ccc(CNC(=O)C2CCN(c3ccc4ccccc4n3)CC2)cc1. The number of piperidine rings is 1. The van der Waals surface area contributed by atoms with Gasteiger partial charge in [-0.2, -0.15) is 0 Å². The minimum atomic E-state index is 0.0900. The lowest BCUT2D eigenvalue weighted by molar-refractivity contribution is -0.125. The molecular formula is C23H25N3O. The van der Waals surface area contributed by atoms with Crippen molar-refractivity contribution in [3.8, 4) is 0 Å². The zero-order chi connectivity index (χ0) is 18.6. The molecule has 1 N–H and O–H groups in total. The summed E-state index contributed by atoms with van der Waals surface area (Å²) in [4.78, 5) is 19.6. The van der Waals surface area contributed by atoms with Gasteiger partial charge in [-0.3, -0.25) is 4.79 Å². The Morgan fingerprint density at radius 2 is 1.78 bits per heavy atom. The van der Waals surface area contributed by atoms with E-state index in [1.165, 1.54) is 5.56 Å². The van der Waals surface area contributed by atoms with Gasteiger partial charge < -0.3 is 10.2 Å². The van der Waals surface area contributed by atoms with E-state index in [4.69, 9.17) is 4.98 Å². The molecule has 138 valence electrons. The summed E-state index contributed by atoms with van der Waals surface area (Å²) in [6, 6.07) is 20.7. The molecule has 3 aromatic rings. The molecule has 4 rings (SSSR count). The van der Waals surface area contributed by atoms with E-state index >= 15 is 0 Å². The average Bonchev–Trinajstić information content (AvgIpc) is 2.73. The number of carbonyl (C=O) groups is 1. The number of rotatable bonds is 4. The third-order valence-corrected chi connectivity index (χ3v) is 5.36. The number of para-hydroxylation sites is 1. The second-order valence-corrected chi connectivity index (χ2v) is 7.33. The predicted molar refractivity (Wildman–Crippen MR) is 110 cm³/mol. The minimum absolute atomic E-state index is 0.0900. The molecule has 1 amide bonds. The van der Waals surface area contributed by atoms with Crippen LogP contribution in [0.3, 0.4) is 0 Å². The number of benzene rings is 2. The van der Waals surface area contributed by atoms with Crippen molar-refractivity contribution in [3.05, 3.63) is 71.8 Å². The second-order valence-electron chi connectivity index (χ2n) is 7.33. The first kappa shape index (κ1) is 17.5. The monoisotopic (exact) mass is 359 g/mol. The van der Waals surface area contributed by atoms with E-state index in [1.807, 2.05) is 18.2 Å². The standard InChI is InChI=1S/C23H25N3O/c1-17-6-8-18(9-7-17)16-24-23(27)20-12-14-26(15-13-20)22-11-10-19-4-2-3-5-21(19)25-22/h2-11,20H,12-16H2,1H3,(H,24,27). The maximum Gasteiger partial charge on any atom is 0.223 e. The molecule has 4 nitrogen and oxygen atoms in total. The van der Waals surface area contributed by atoms with E-state index in [2.05, 4.69) is 59.6 Å². The van der Waals surface area contributed by atoms with Crippen LogP contribution in [0.1, 0.15) is 24.0 Å². The van der Waals surface area contributed by atoms with Gasteiger partial charge in [-0.25, -0.2) is 4.98 Å². The first-order valence-electron chi connectivity index (χ1n) is 9.63. The molecule has 1 fully saturated rings. The number of nitrogens with zero attached hydrogens (tertiary/aromatic N) is 2. The van der Waals surface area contributed by atoms with E-state index in [-0.39, 0.29) is 11.8 Å². The van der Waals surface area contributed by atoms with E-state index in [1.54, 1.807) is 0 Å².